The van der Waals surface area contributed by atoms with Gasteiger partial charge >= 0.3 is 0 Å². The third-order valence-corrected chi connectivity index (χ3v) is 1.79. The summed E-state index contributed by atoms with van der Waals surface area (Å²) in [5.74, 6) is -0.00187. The fourth-order valence-corrected chi connectivity index (χ4v) is 0.939. The lowest BCUT2D eigenvalue weighted by Crippen LogP contribution is -2.31. The molecule has 1 N–H and O–H groups in total. The van der Waals surface area contributed by atoms with Crippen LogP contribution in [0.2, 0.25) is 0 Å². The maximum Gasteiger partial charge on any atom is 0.246 e. The van der Waals surface area contributed by atoms with E-state index in [1.807, 2.05) is 13.8 Å². The summed E-state index contributed by atoms with van der Waals surface area (Å²) < 4.78 is 0. The molecule has 0 bridgehead atoms. The first kappa shape index (κ1) is 11.8. The minimum Gasteiger partial charge on any atom is -0.272 e. The van der Waals surface area contributed by atoms with Crippen molar-refractivity contribution in [2.24, 2.45) is 5.92 Å². The number of amides is 1. The molecule has 0 fully saturated rings. The van der Waals surface area contributed by atoms with Crippen LogP contribution in [0.1, 0.15) is 33.6 Å². The molecule has 72 valence electrons. The Morgan fingerprint density at radius 2 is 2.00 bits per heavy atom. The Hall–Kier alpha value is -0.220. The van der Waals surface area contributed by atoms with E-state index < -0.39 is 0 Å². The molecule has 0 aliphatic carbocycles. The lowest BCUT2D eigenvalue weighted by atomic mass is 10.0. The third-order valence-electron chi connectivity index (χ3n) is 1.69. The first-order valence-electron chi connectivity index (χ1n) is 4.25. The predicted molar refractivity (Wildman–Crippen MR) is 51.7 cm³/mol. The van der Waals surface area contributed by atoms with Gasteiger partial charge in [-0.3, -0.25) is 9.63 Å². The molecule has 0 aliphatic heterocycles. The number of rotatable bonds is 5. The fraction of sp³-hybridized carbons (Fsp3) is 0.875. The third kappa shape index (κ3) is 4.62. The Bertz CT molecular complexity index is 135. The zero-order chi connectivity index (χ0) is 9.56. The molecule has 1 amide bonds. The molecule has 12 heavy (non-hydrogen) atoms. The van der Waals surface area contributed by atoms with E-state index in [-0.39, 0.29) is 17.3 Å². The lowest BCUT2D eigenvalue weighted by molar-refractivity contribution is -0.138. The second-order valence-corrected chi connectivity index (χ2v) is 3.42. The second kappa shape index (κ2) is 6.31. The topological polar surface area (TPSA) is 38.3 Å². The van der Waals surface area contributed by atoms with Crippen molar-refractivity contribution in [2.75, 3.05) is 0 Å². The van der Waals surface area contributed by atoms with Crippen LogP contribution in [0.25, 0.3) is 0 Å². The van der Waals surface area contributed by atoms with Gasteiger partial charge in [0.1, 0.15) is 5.44 Å². The Balaban J connectivity index is 3.69. The van der Waals surface area contributed by atoms with Gasteiger partial charge in [0.2, 0.25) is 5.91 Å². The maximum atomic E-state index is 11.2. The fourth-order valence-electron chi connectivity index (χ4n) is 0.886. The van der Waals surface area contributed by atoms with Crippen LogP contribution in [-0.2, 0) is 9.63 Å². The zero-order valence-electron chi connectivity index (χ0n) is 7.83. The highest BCUT2D eigenvalue weighted by Gasteiger charge is 2.13. The van der Waals surface area contributed by atoms with E-state index >= 15 is 0 Å². The molecule has 0 aromatic carbocycles. The molecule has 0 aromatic heterocycles. The summed E-state index contributed by atoms with van der Waals surface area (Å²) in [5.41, 5.74) is 2.11. The predicted octanol–water partition coefficient (Wildman–Crippen LogP) is 1.75. The van der Waals surface area contributed by atoms with Gasteiger partial charge in [-0.25, -0.2) is 5.48 Å². The van der Waals surface area contributed by atoms with Gasteiger partial charge in [-0.2, -0.15) is 0 Å². The molecular formula is C8H17NO2S. The summed E-state index contributed by atoms with van der Waals surface area (Å²) in [5, 5.41) is 0. The molecule has 0 saturated carbocycles. The molecule has 1 atom stereocenters. The van der Waals surface area contributed by atoms with E-state index in [9.17, 15) is 4.79 Å². The van der Waals surface area contributed by atoms with Crippen molar-refractivity contribution in [2.45, 2.75) is 39.0 Å². The van der Waals surface area contributed by atoms with E-state index in [0.29, 0.717) is 0 Å². The van der Waals surface area contributed by atoms with Crippen LogP contribution >= 0.6 is 12.6 Å². The number of hydroxylamine groups is 1. The van der Waals surface area contributed by atoms with Crippen molar-refractivity contribution >= 4 is 18.5 Å². The monoisotopic (exact) mass is 191 g/mol. The average Bonchev–Trinajstić information content (AvgIpc) is 2.03. The summed E-state index contributed by atoms with van der Waals surface area (Å²) in [6, 6.07) is 0. The second-order valence-electron chi connectivity index (χ2n) is 2.70. The standard InChI is InChI=1S/C8H17NO2S/c1-4-7(5-2)8(10)9-11-6(3)12/h6-7,12H,4-5H2,1-3H3,(H,9,10). The van der Waals surface area contributed by atoms with Crippen molar-refractivity contribution in [3.63, 3.8) is 0 Å². The van der Waals surface area contributed by atoms with Crippen LogP contribution in [0.3, 0.4) is 0 Å². The van der Waals surface area contributed by atoms with E-state index in [4.69, 9.17) is 4.84 Å². The van der Waals surface area contributed by atoms with Crippen LogP contribution in [0, 0.1) is 5.92 Å². The molecule has 0 saturated heterocycles. The molecule has 0 spiro atoms. The van der Waals surface area contributed by atoms with Crippen molar-refractivity contribution in [1.82, 2.24) is 5.48 Å². The van der Waals surface area contributed by atoms with Gasteiger partial charge in [0.15, 0.2) is 0 Å². The van der Waals surface area contributed by atoms with Gasteiger partial charge in [-0.1, -0.05) is 13.8 Å². The number of carbonyl (C=O) groups is 1. The largest absolute Gasteiger partial charge is 0.272 e. The Morgan fingerprint density at radius 1 is 1.50 bits per heavy atom. The number of nitrogens with one attached hydrogen (secondary N) is 1. The first-order valence-corrected chi connectivity index (χ1v) is 4.77. The molecule has 0 rings (SSSR count). The van der Waals surface area contributed by atoms with Crippen LogP contribution < -0.4 is 5.48 Å². The maximum absolute atomic E-state index is 11.2. The molecule has 0 aliphatic rings. The minimum atomic E-state index is -0.261. The number of hydrogen-bond donors (Lipinski definition) is 2. The first-order chi connectivity index (χ1) is 5.61. The van der Waals surface area contributed by atoms with Crippen LogP contribution in [0.15, 0.2) is 0 Å². The summed E-state index contributed by atoms with van der Waals surface area (Å²) in [6.45, 7) is 5.71. The van der Waals surface area contributed by atoms with E-state index in [1.165, 1.54) is 0 Å². The van der Waals surface area contributed by atoms with Gasteiger partial charge < -0.3 is 0 Å². The van der Waals surface area contributed by atoms with Crippen molar-refractivity contribution in [1.29, 1.82) is 0 Å². The number of carbonyl (C=O) groups excluding carboxylic acids is 1. The average molecular weight is 191 g/mol. The lowest BCUT2D eigenvalue weighted by Gasteiger charge is -2.13. The molecular weight excluding hydrogens is 174 g/mol. The SMILES string of the molecule is CCC(CC)C(=O)NOC(C)S. The van der Waals surface area contributed by atoms with Crippen molar-refractivity contribution in [3.05, 3.63) is 0 Å². The van der Waals surface area contributed by atoms with Gasteiger partial charge in [0.05, 0.1) is 0 Å². The molecule has 1 unspecified atom stereocenters. The summed E-state index contributed by atoms with van der Waals surface area (Å²) in [6.07, 6.45) is 1.68. The summed E-state index contributed by atoms with van der Waals surface area (Å²) in [7, 11) is 0. The van der Waals surface area contributed by atoms with Gasteiger partial charge in [0.25, 0.3) is 0 Å². The molecule has 0 radical (unpaired) electrons. The minimum absolute atomic E-state index is 0.0529. The zero-order valence-corrected chi connectivity index (χ0v) is 8.73. The quantitative estimate of drug-likeness (QED) is 0.395. The normalized spacial score (nSPS) is 13.1. The van der Waals surface area contributed by atoms with E-state index in [1.54, 1.807) is 6.92 Å². The Kier molecular flexibility index (Phi) is 6.20. The molecule has 0 aromatic rings. The smallest absolute Gasteiger partial charge is 0.246 e. The number of thiol groups is 1. The van der Waals surface area contributed by atoms with Crippen molar-refractivity contribution < 1.29 is 9.63 Å². The Labute approximate surface area is 79.2 Å². The molecule has 4 heteroatoms. The van der Waals surface area contributed by atoms with E-state index in [0.717, 1.165) is 12.8 Å². The van der Waals surface area contributed by atoms with Crippen LogP contribution in [-0.4, -0.2) is 11.3 Å². The Morgan fingerprint density at radius 3 is 2.33 bits per heavy atom. The summed E-state index contributed by atoms with van der Waals surface area (Å²) in [4.78, 5) is 16.1. The van der Waals surface area contributed by atoms with Gasteiger partial charge in [-0.15, -0.1) is 12.6 Å². The van der Waals surface area contributed by atoms with E-state index in [2.05, 4.69) is 18.1 Å². The van der Waals surface area contributed by atoms with Gasteiger partial charge in [-0.05, 0) is 19.8 Å². The number of hydrogen-bond acceptors (Lipinski definition) is 3. The highest BCUT2D eigenvalue weighted by atomic mass is 32.1. The van der Waals surface area contributed by atoms with Gasteiger partial charge in [0, 0.05) is 5.92 Å². The van der Waals surface area contributed by atoms with Crippen LogP contribution in [0.4, 0.5) is 0 Å². The van der Waals surface area contributed by atoms with Crippen molar-refractivity contribution in [3.8, 4) is 0 Å². The summed E-state index contributed by atoms with van der Waals surface area (Å²) >= 11 is 3.96. The highest BCUT2D eigenvalue weighted by molar-refractivity contribution is 7.80. The molecule has 3 nitrogen and oxygen atoms in total. The molecule has 0 heterocycles. The highest BCUT2D eigenvalue weighted by Crippen LogP contribution is 2.07. The van der Waals surface area contributed by atoms with Crippen LogP contribution in [0.5, 0.6) is 0 Å².